The minimum atomic E-state index is -3.60. The van der Waals surface area contributed by atoms with Crippen molar-refractivity contribution in [1.29, 1.82) is 0 Å². The van der Waals surface area contributed by atoms with E-state index in [0.717, 1.165) is 0 Å². The number of fused-ring (bicyclic) bond motifs is 1. The molecule has 2 aromatic carbocycles. The van der Waals surface area contributed by atoms with Crippen molar-refractivity contribution in [2.45, 2.75) is 17.6 Å². The number of nitrogens with zero attached hydrogens (tertiary/aromatic N) is 1. The third kappa shape index (κ3) is 2.96. The average Bonchev–Trinajstić information content (AvgIpc) is 2.46. The first-order chi connectivity index (χ1) is 10.1. The highest BCUT2D eigenvalue weighted by Crippen LogP contribution is 2.30. The summed E-state index contributed by atoms with van der Waals surface area (Å²) in [4.78, 5) is 0.227. The lowest BCUT2D eigenvalue weighted by Crippen LogP contribution is -2.18. The SMILES string of the molecule is Cc1ccccc1CSC1=NS(=O)(=O)c2ccccc2N1. The number of rotatable bonds is 2. The van der Waals surface area contributed by atoms with Crippen LogP contribution in [0.25, 0.3) is 0 Å². The molecule has 0 aliphatic carbocycles. The van der Waals surface area contributed by atoms with Crippen molar-refractivity contribution in [3.63, 3.8) is 0 Å². The van der Waals surface area contributed by atoms with Crippen LogP contribution in [-0.4, -0.2) is 13.6 Å². The van der Waals surface area contributed by atoms with Gasteiger partial charge >= 0.3 is 0 Å². The number of amidine groups is 1. The smallest absolute Gasteiger partial charge is 0.286 e. The molecule has 0 spiro atoms. The Hall–Kier alpha value is -1.79. The normalized spacial score (nSPS) is 15.8. The molecule has 1 aliphatic rings. The van der Waals surface area contributed by atoms with E-state index in [4.69, 9.17) is 0 Å². The lowest BCUT2D eigenvalue weighted by Gasteiger charge is -2.17. The van der Waals surface area contributed by atoms with Crippen LogP contribution >= 0.6 is 11.8 Å². The maximum absolute atomic E-state index is 12.1. The quantitative estimate of drug-likeness (QED) is 0.922. The Morgan fingerprint density at radius 1 is 1.10 bits per heavy atom. The molecule has 0 amide bonds. The molecule has 108 valence electrons. The summed E-state index contributed by atoms with van der Waals surface area (Å²) < 4.78 is 28.1. The molecule has 0 radical (unpaired) electrons. The van der Waals surface area contributed by atoms with Gasteiger partial charge in [0.2, 0.25) is 0 Å². The van der Waals surface area contributed by atoms with Gasteiger partial charge in [-0.1, -0.05) is 48.2 Å². The minimum Gasteiger partial charge on any atom is -0.333 e. The fraction of sp³-hybridized carbons (Fsp3) is 0.133. The van der Waals surface area contributed by atoms with E-state index in [-0.39, 0.29) is 4.90 Å². The highest BCUT2D eigenvalue weighted by molar-refractivity contribution is 8.14. The number of hydrogen-bond acceptors (Lipinski definition) is 4. The van der Waals surface area contributed by atoms with E-state index in [0.29, 0.717) is 16.6 Å². The molecular formula is C15H14N2O2S2. The lowest BCUT2D eigenvalue weighted by molar-refractivity contribution is 0.598. The van der Waals surface area contributed by atoms with Crippen LogP contribution in [0.3, 0.4) is 0 Å². The number of hydrogen-bond donors (Lipinski definition) is 1. The molecule has 0 fully saturated rings. The summed E-state index contributed by atoms with van der Waals surface area (Å²) in [6.07, 6.45) is 0. The maximum atomic E-state index is 12.1. The first kappa shape index (κ1) is 14.2. The summed E-state index contributed by atoms with van der Waals surface area (Å²) in [7, 11) is -3.60. The van der Waals surface area contributed by atoms with Gasteiger partial charge in [0.25, 0.3) is 10.0 Å². The lowest BCUT2D eigenvalue weighted by atomic mass is 10.1. The van der Waals surface area contributed by atoms with Gasteiger partial charge in [0, 0.05) is 5.75 Å². The summed E-state index contributed by atoms with van der Waals surface area (Å²) in [5, 5.41) is 3.49. The Bertz CT molecular complexity index is 814. The molecule has 0 atom stereocenters. The van der Waals surface area contributed by atoms with E-state index in [1.807, 2.05) is 31.2 Å². The molecule has 0 bridgehead atoms. The third-order valence-electron chi connectivity index (χ3n) is 3.24. The van der Waals surface area contributed by atoms with Gasteiger partial charge in [-0.15, -0.1) is 4.40 Å². The van der Waals surface area contributed by atoms with Gasteiger partial charge in [-0.2, -0.15) is 8.42 Å². The summed E-state index contributed by atoms with van der Waals surface area (Å²) in [5.41, 5.74) is 2.94. The van der Waals surface area contributed by atoms with Gasteiger partial charge in [0.05, 0.1) is 5.69 Å². The second-order valence-electron chi connectivity index (χ2n) is 4.71. The van der Waals surface area contributed by atoms with Gasteiger partial charge in [-0.3, -0.25) is 0 Å². The third-order valence-corrected chi connectivity index (χ3v) is 5.61. The van der Waals surface area contributed by atoms with Crippen LogP contribution in [0, 0.1) is 6.92 Å². The maximum Gasteiger partial charge on any atom is 0.286 e. The van der Waals surface area contributed by atoms with Gasteiger partial charge < -0.3 is 5.32 Å². The zero-order valence-electron chi connectivity index (χ0n) is 11.4. The molecule has 2 aromatic rings. The summed E-state index contributed by atoms with van der Waals surface area (Å²) in [5.74, 6) is 0.677. The van der Waals surface area contributed by atoms with Crippen molar-refractivity contribution in [1.82, 2.24) is 0 Å². The largest absolute Gasteiger partial charge is 0.333 e. The molecule has 1 N–H and O–H groups in total. The average molecular weight is 318 g/mol. The van der Waals surface area contributed by atoms with Crippen LogP contribution in [-0.2, 0) is 15.8 Å². The topological polar surface area (TPSA) is 58.5 Å². The van der Waals surface area contributed by atoms with Gasteiger partial charge in [-0.25, -0.2) is 0 Å². The van der Waals surface area contributed by atoms with Crippen molar-refractivity contribution in [2.75, 3.05) is 5.32 Å². The Morgan fingerprint density at radius 2 is 1.81 bits per heavy atom. The molecule has 0 saturated carbocycles. The Labute approximate surface area is 128 Å². The molecule has 0 unspecified atom stereocenters. The monoisotopic (exact) mass is 318 g/mol. The van der Waals surface area contributed by atoms with Gasteiger partial charge in [-0.05, 0) is 30.2 Å². The predicted molar refractivity (Wildman–Crippen MR) is 87.2 cm³/mol. The van der Waals surface area contributed by atoms with Crippen molar-refractivity contribution < 1.29 is 8.42 Å². The highest BCUT2D eigenvalue weighted by Gasteiger charge is 2.24. The number of thioether (sulfide) groups is 1. The molecule has 0 aromatic heterocycles. The van der Waals surface area contributed by atoms with E-state index < -0.39 is 10.0 Å². The Balaban J connectivity index is 1.83. The fourth-order valence-electron chi connectivity index (χ4n) is 2.07. The molecule has 4 nitrogen and oxygen atoms in total. The number of aryl methyl sites for hydroxylation is 1. The van der Waals surface area contributed by atoms with E-state index in [2.05, 4.69) is 9.71 Å². The second-order valence-corrected chi connectivity index (χ2v) is 7.24. The molecule has 6 heteroatoms. The van der Waals surface area contributed by atoms with E-state index >= 15 is 0 Å². The van der Waals surface area contributed by atoms with Gasteiger partial charge in [0.1, 0.15) is 4.90 Å². The van der Waals surface area contributed by atoms with Crippen LogP contribution in [0.2, 0.25) is 0 Å². The highest BCUT2D eigenvalue weighted by atomic mass is 32.2. The second kappa shape index (κ2) is 5.54. The number of para-hydroxylation sites is 1. The standard InChI is InChI=1S/C15H14N2O2S2/c1-11-6-2-3-7-12(11)10-20-15-16-13-8-4-5-9-14(13)21(18,19)17-15/h2-9H,10H2,1H3,(H,16,17). The van der Waals surface area contributed by atoms with Crippen LogP contribution in [0.15, 0.2) is 57.8 Å². The van der Waals surface area contributed by atoms with Crippen molar-refractivity contribution in [3.8, 4) is 0 Å². The number of benzene rings is 2. The van der Waals surface area contributed by atoms with Crippen molar-refractivity contribution >= 4 is 32.6 Å². The number of sulfonamides is 1. The number of nitrogens with one attached hydrogen (secondary N) is 1. The molecule has 21 heavy (non-hydrogen) atoms. The zero-order valence-corrected chi connectivity index (χ0v) is 13.0. The number of anilines is 1. The Morgan fingerprint density at radius 3 is 2.62 bits per heavy atom. The zero-order chi connectivity index (χ0) is 14.9. The van der Waals surface area contributed by atoms with Crippen molar-refractivity contribution in [3.05, 3.63) is 59.7 Å². The van der Waals surface area contributed by atoms with Crippen LogP contribution in [0.4, 0.5) is 5.69 Å². The molecule has 1 heterocycles. The molecule has 3 rings (SSSR count). The van der Waals surface area contributed by atoms with Gasteiger partial charge in [0.15, 0.2) is 5.17 Å². The molecule has 0 saturated heterocycles. The summed E-state index contributed by atoms with van der Waals surface area (Å²) >= 11 is 1.39. The van der Waals surface area contributed by atoms with Crippen molar-refractivity contribution in [2.24, 2.45) is 4.40 Å². The van der Waals surface area contributed by atoms with Crippen LogP contribution in [0.1, 0.15) is 11.1 Å². The summed E-state index contributed by atoms with van der Waals surface area (Å²) in [6.45, 7) is 2.04. The predicted octanol–water partition coefficient (Wildman–Crippen LogP) is 3.40. The van der Waals surface area contributed by atoms with E-state index in [9.17, 15) is 8.42 Å². The first-order valence-electron chi connectivity index (χ1n) is 6.44. The minimum absolute atomic E-state index is 0.227. The van der Waals surface area contributed by atoms with E-state index in [1.165, 1.54) is 22.9 Å². The van der Waals surface area contributed by atoms with Crippen LogP contribution < -0.4 is 5.32 Å². The Kier molecular flexibility index (Phi) is 3.73. The van der Waals surface area contributed by atoms with Crippen LogP contribution in [0.5, 0.6) is 0 Å². The molecule has 1 aliphatic heterocycles. The first-order valence-corrected chi connectivity index (χ1v) is 8.87. The fourth-order valence-corrected chi connectivity index (χ4v) is 4.39. The van der Waals surface area contributed by atoms with E-state index in [1.54, 1.807) is 24.3 Å². The molecular weight excluding hydrogens is 304 g/mol. The summed E-state index contributed by atoms with van der Waals surface area (Å²) in [6, 6.07) is 14.8.